The van der Waals surface area contributed by atoms with Crippen molar-refractivity contribution in [3.8, 4) is 22.8 Å². The molecule has 5 heterocycles. The van der Waals surface area contributed by atoms with Crippen LogP contribution in [0.15, 0.2) is 45.8 Å². The molecule has 4 aromatic rings. The van der Waals surface area contributed by atoms with E-state index in [9.17, 15) is 18.0 Å². The molecule has 1 aliphatic rings. The number of amides is 1. The predicted molar refractivity (Wildman–Crippen MR) is 145 cm³/mol. The smallest absolute Gasteiger partial charge is 0.300 e. The number of methoxy groups -OCH3 is 1. The maximum atomic E-state index is 13.1. The van der Waals surface area contributed by atoms with E-state index in [0.29, 0.717) is 47.0 Å². The van der Waals surface area contributed by atoms with E-state index < -0.39 is 15.6 Å². The van der Waals surface area contributed by atoms with Crippen molar-refractivity contribution in [1.82, 2.24) is 24.3 Å². The Balaban J connectivity index is 1.43. The minimum atomic E-state index is -3.94. The van der Waals surface area contributed by atoms with Gasteiger partial charge in [0, 0.05) is 36.5 Å². The molecule has 5 rings (SSSR count). The highest BCUT2D eigenvalue weighted by Crippen LogP contribution is 2.32. The van der Waals surface area contributed by atoms with Crippen LogP contribution in [-0.2, 0) is 14.8 Å². The van der Waals surface area contributed by atoms with E-state index in [-0.39, 0.29) is 34.0 Å². The summed E-state index contributed by atoms with van der Waals surface area (Å²) >= 11 is 1.07. The van der Waals surface area contributed by atoms with Crippen LogP contribution >= 0.6 is 11.3 Å². The molecule has 0 bridgehead atoms. The quantitative estimate of drug-likeness (QED) is 0.321. The molecule has 0 aromatic carbocycles. The Hall–Kier alpha value is -4.04. The molecule has 0 spiro atoms. The highest BCUT2D eigenvalue weighted by molar-refractivity contribution is 7.94. The average Bonchev–Trinajstić information content (AvgIpc) is 3.48. The number of anilines is 1. The zero-order valence-corrected chi connectivity index (χ0v) is 23.1. The van der Waals surface area contributed by atoms with E-state index in [4.69, 9.17) is 9.47 Å². The van der Waals surface area contributed by atoms with Crippen molar-refractivity contribution in [1.29, 1.82) is 0 Å². The molecule has 204 valence electrons. The van der Waals surface area contributed by atoms with Crippen molar-refractivity contribution in [3.63, 3.8) is 0 Å². The lowest BCUT2D eigenvalue weighted by molar-refractivity contribution is -0.128. The Labute approximate surface area is 228 Å². The van der Waals surface area contributed by atoms with Gasteiger partial charge in [-0.2, -0.15) is 0 Å². The highest BCUT2D eigenvalue weighted by Gasteiger charge is 2.24. The number of pyridine rings is 2. The number of aromatic nitrogens is 4. The Morgan fingerprint density at radius 2 is 1.95 bits per heavy atom. The summed E-state index contributed by atoms with van der Waals surface area (Å²) in [6.45, 7) is 4.64. The molecular formula is C25H26N6O6S2. The number of nitrogens with one attached hydrogen (secondary N) is 1. The Bertz CT molecular complexity index is 1730. The van der Waals surface area contributed by atoms with E-state index in [1.54, 1.807) is 43.1 Å². The molecule has 0 atom stereocenters. The van der Waals surface area contributed by atoms with Crippen LogP contribution in [0.3, 0.4) is 0 Å². The van der Waals surface area contributed by atoms with Crippen molar-refractivity contribution >= 4 is 38.6 Å². The van der Waals surface area contributed by atoms with Gasteiger partial charge in [0.15, 0.2) is 4.21 Å². The zero-order chi connectivity index (χ0) is 27.7. The number of nitrogens with zero attached hydrogens (tertiary/aromatic N) is 5. The first-order valence-electron chi connectivity index (χ1n) is 12.1. The normalized spacial score (nSPS) is 13.7. The minimum absolute atomic E-state index is 0.0628. The molecule has 0 saturated carbocycles. The predicted octanol–water partition coefficient (Wildman–Crippen LogP) is 2.64. The summed E-state index contributed by atoms with van der Waals surface area (Å²) in [5.74, 6) is 0.240. The van der Waals surface area contributed by atoms with Crippen molar-refractivity contribution < 1.29 is 22.7 Å². The number of sulfonamides is 1. The molecule has 1 saturated heterocycles. The second kappa shape index (κ2) is 10.6. The number of carbonyl (C=O) groups excluding carboxylic acids is 1. The number of rotatable bonds is 9. The van der Waals surface area contributed by atoms with Crippen LogP contribution in [0, 0.1) is 13.8 Å². The Morgan fingerprint density at radius 1 is 1.13 bits per heavy atom. The molecule has 39 heavy (non-hydrogen) atoms. The van der Waals surface area contributed by atoms with E-state index >= 15 is 0 Å². The van der Waals surface area contributed by atoms with Gasteiger partial charge in [-0.3, -0.25) is 18.7 Å². The van der Waals surface area contributed by atoms with Crippen LogP contribution in [0.25, 0.3) is 16.8 Å². The maximum absolute atomic E-state index is 13.1. The third kappa shape index (κ3) is 5.43. The number of hydrogen-bond donors (Lipinski definition) is 1. The molecular weight excluding hydrogens is 544 g/mol. The van der Waals surface area contributed by atoms with Gasteiger partial charge in [0.25, 0.3) is 15.6 Å². The monoisotopic (exact) mass is 570 g/mol. The van der Waals surface area contributed by atoms with Crippen molar-refractivity contribution in [3.05, 3.63) is 57.8 Å². The minimum Gasteiger partial charge on any atom is -0.485 e. The number of aryl methyl sites for hydroxylation is 2. The number of hydrogen-bond acceptors (Lipinski definition) is 10. The van der Waals surface area contributed by atoms with Gasteiger partial charge in [0.1, 0.15) is 17.9 Å². The molecule has 0 aliphatic carbocycles. The molecule has 1 amide bonds. The van der Waals surface area contributed by atoms with Gasteiger partial charge < -0.3 is 14.4 Å². The van der Waals surface area contributed by atoms with E-state index in [2.05, 4.69) is 19.7 Å². The second-order valence-corrected chi connectivity index (χ2v) is 12.0. The number of thiazole rings is 1. The van der Waals surface area contributed by atoms with Gasteiger partial charge in [-0.15, -0.1) is 11.3 Å². The molecule has 4 aromatic heterocycles. The molecule has 0 unspecified atom stereocenters. The van der Waals surface area contributed by atoms with Crippen molar-refractivity contribution in [2.24, 2.45) is 0 Å². The summed E-state index contributed by atoms with van der Waals surface area (Å²) in [5.41, 5.74) is 1.67. The molecule has 1 fully saturated rings. The first-order chi connectivity index (χ1) is 18.7. The maximum Gasteiger partial charge on any atom is 0.300 e. The molecule has 12 nitrogen and oxygen atoms in total. The molecule has 1 N–H and O–H groups in total. The lowest BCUT2D eigenvalue weighted by Gasteiger charge is -2.15. The first-order valence-corrected chi connectivity index (χ1v) is 14.4. The number of carbonyl (C=O) groups is 1. The molecule has 0 radical (unpaired) electrons. The Kier molecular flexibility index (Phi) is 7.23. The number of fused-ring (bicyclic) bond motifs is 1. The fourth-order valence-electron chi connectivity index (χ4n) is 4.33. The lowest BCUT2D eigenvalue weighted by Crippen LogP contribution is -2.30. The SMILES string of the molecule is COc1ncc(-c2ccc3ncc(OCCN4CCCC4=O)c(=O)n3c2)cc1NS(=O)(=O)c1sc(C)nc1C. The summed E-state index contributed by atoms with van der Waals surface area (Å²) in [4.78, 5) is 39.4. The van der Waals surface area contributed by atoms with Crippen LogP contribution < -0.4 is 19.8 Å². The van der Waals surface area contributed by atoms with E-state index in [1.807, 2.05) is 0 Å². The molecule has 14 heteroatoms. The zero-order valence-electron chi connectivity index (χ0n) is 21.5. The van der Waals surface area contributed by atoms with Gasteiger partial charge in [0.2, 0.25) is 17.5 Å². The van der Waals surface area contributed by atoms with Crippen molar-refractivity contribution in [2.45, 2.75) is 30.9 Å². The standard InChI is InChI=1S/C25H26N6O6S2/c1-15-25(38-16(2)28-15)39(34,35)29-19-11-18(12-27-23(19)36-3)17-6-7-21-26-13-20(24(33)31(21)14-17)37-10-9-30-8-4-5-22(30)32/h6-7,11-14,29H,4-5,8-10H2,1-3H3. The summed E-state index contributed by atoms with van der Waals surface area (Å²) in [6.07, 6.45) is 5.84. The van der Waals surface area contributed by atoms with Crippen molar-refractivity contribution in [2.75, 3.05) is 31.5 Å². The third-order valence-electron chi connectivity index (χ3n) is 6.19. The average molecular weight is 571 g/mol. The third-order valence-corrected chi connectivity index (χ3v) is 9.24. The van der Waals surface area contributed by atoms with Crippen LogP contribution in [0.4, 0.5) is 5.69 Å². The number of likely N-dealkylation sites (tertiary alicyclic amines) is 1. The van der Waals surface area contributed by atoms with Gasteiger partial charge in [-0.1, -0.05) is 0 Å². The lowest BCUT2D eigenvalue weighted by atomic mass is 10.1. The summed E-state index contributed by atoms with van der Waals surface area (Å²) in [5, 5.41) is 0.634. The Morgan fingerprint density at radius 3 is 2.64 bits per heavy atom. The van der Waals surface area contributed by atoms with Gasteiger partial charge in [-0.05, 0) is 38.5 Å². The second-order valence-electron chi connectivity index (χ2n) is 8.90. The summed E-state index contributed by atoms with van der Waals surface area (Å²) < 4.78 is 41.1. The topological polar surface area (TPSA) is 145 Å². The summed E-state index contributed by atoms with van der Waals surface area (Å²) in [6, 6.07) is 5.00. The fourth-order valence-corrected chi connectivity index (χ4v) is 6.87. The molecule has 1 aliphatic heterocycles. The van der Waals surface area contributed by atoms with Crippen LogP contribution in [0.2, 0.25) is 0 Å². The van der Waals surface area contributed by atoms with Crippen LogP contribution in [-0.4, -0.2) is 65.4 Å². The van der Waals surface area contributed by atoms with Gasteiger partial charge in [0.05, 0.1) is 30.6 Å². The van der Waals surface area contributed by atoms with E-state index in [1.165, 1.54) is 23.9 Å². The first kappa shape index (κ1) is 26.6. The van der Waals surface area contributed by atoms with Crippen LogP contribution in [0.1, 0.15) is 23.5 Å². The van der Waals surface area contributed by atoms with Gasteiger partial charge in [-0.25, -0.2) is 23.4 Å². The summed E-state index contributed by atoms with van der Waals surface area (Å²) in [7, 11) is -2.55. The van der Waals surface area contributed by atoms with E-state index in [0.717, 1.165) is 17.8 Å². The van der Waals surface area contributed by atoms with Crippen LogP contribution in [0.5, 0.6) is 11.6 Å². The largest absolute Gasteiger partial charge is 0.485 e. The highest BCUT2D eigenvalue weighted by atomic mass is 32.2. The number of ether oxygens (including phenoxy) is 2. The fraction of sp³-hybridized carbons (Fsp3) is 0.320. The van der Waals surface area contributed by atoms with Gasteiger partial charge >= 0.3 is 0 Å².